The van der Waals surface area contributed by atoms with Crippen LogP contribution >= 0.6 is 11.6 Å². The molecule has 0 radical (unpaired) electrons. The summed E-state index contributed by atoms with van der Waals surface area (Å²) >= 11 is 6.15. The molecule has 0 aromatic heterocycles. The third kappa shape index (κ3) is 4.65. The molecule has 0 aromatic carbocycles. The minimum absolute atomic E-state index is 0.255. The molecule has 0 saturated heterocycles. The second-order valence-corrected chi connectivity index (χ2v) is 3.30. The highest BCUT2D eigenvalue weighted by atomic mass is 35.5. The predicted octanol–water partition coefficient (Wildman–Crippen LogP) is 3.08. The van der Waals surface area contributed by atoms with Gasteiger partial charge in [-0.3, -0.25) is 4.90 Å². The normalized spacial score (nSPS) is 13.9. The van der Waals surface area contributed by atoms with Crippen molar-refractivity contribution in [3.8, 4) is 0 Å². The van der Waals surface area contributed by atoms with E-state index in [1.807, 2.05) is 0 Å². The molecule has 68 valence electrons. The maximum absolute atomic E-state index is 6.15. The molecular formula is C9H20ClN. The number of unbranched alkanes of at least 4 members (excludes halogenated alkanes) is 1. The molecule has 0 saturated carbocycles. The zero-order valence-electron chi connectivity index (χ0n) is 7.94. The van der Waals surface area contributed by atoms with E-state index in [4.69, 9.17) is 11.6 Å². The van der Waals surface area contributed by atoms with Crippen LogP contribution in [0.5, 0.6) is 0 Å². The van der Waals surface area contributed by atoms with Crippen LogP contribution in [0.4, 0.5) is 0 Å². The van der Waals surface area contributed by atoms with E-state index in [0.29, 0.717) is 0 Å². The SMILES string of the molecule is CCCCC(Cl)N(CC)CC. The van der Waals surface area contributed by atoms with Crippen LogP contribution in [0.2, 0.25) is 0 Å². The van der Waals surface area contributed by atoms with Gasteiger partial charge >= 0.3 is 0 Å². The van der Waals surface area contributed by atoms with Crippen LogP contribution in [-0.2, 0) is 0 Å². The first-order valence-electron chi connectivity index (χ1n) is 4.64. The molecule has 0 amide bonds. The van der Waals surface area contributed by atoms with E-state index in [1.54, 1.807) is 0 Å². The van der Waals surface area contributed by atoms with Crippen LogP contribution in [0.1, 0.15) is 40.0 Å². The van der Waals surface area contributed by atoms with Crippen molar-refractivity contribution in [2.75, 3.05) is 13.1 Å². The van der Waals surface area contributed by atoms with Crippen LogP contribution in [0.25, 0.3) is 0 Å². The van der Waals surface area contributed by atoms with E-state index in [-0.39, 0.29) is 5.50 Å². The zero-order chi connectivity index (χ0) is 8.69. The molecule has 11 heavy (non-hydrogen) atoms. The lowest BCUT2D eigenvalue weighted by Crippen LogP contribution is -2.30. The molecule has 0 rings (SSSR count). The van der Waals surface area contributed by atoms with Gasteiger partial charge in [0, 0.05) is 0 Å². The van der Waals surface area contributed by atoms with Crippen LogP contribution in [0.15, 0.2) is 0 Å². The quantitative estimate of drug-likeness (QED) is 0.445. The zero-order valence-corrected chi connectivity index (χ0v) is 8.69. The summed E-state index contributed by atoms with van der Waals surface area (Å²) in [7, 11) is 0. The molecule has 1 unspecified atom stereocenters. The molecular weight excluding hydrogens is 158 g/mol. The Labute approximate surface area is 75.7 Å². The Balaban J connectivity index is 3.51. The van der Waals surface area contributed by atoms with Crippen LogP contribution in [0, 0.1) is 0 Å². The molecule has 0 aliphatic heterocycles. The highest BCUT2D eigenvalue weighted by Crippen LogP contribution is 2.11. The first-order chi connectivity index (χ1) is 5.26. The fourth-order valence-electron chi connectivity index (χ4n) is 1.17. The van der Waals surface area contributed by atoms with Crippen LogP contribution in [-0.4, -0.2) is 23.5 Å². The molecule has 1 atom stereocenters. The molecule has 1 nitrogen and oxygen atoms in total. The average Bonchev–Trinajstić information content (AvgIpc) is 2.03. The maximum atomic E-state index is 6.15. The molecule has 0 aliphatic carbocycles. The summed E-state index contributed by atoms with van der Waals surface area (Å²) in [6.45, 7) is 8.64. The topological polar surface area (TPSA) is 3.24 Å². The van der Waals surface area contributed by atoms with Crippen LogP contribution in [0.3, 0.4) is 0 Å². The third-order valence-corrected chi connectivity index (χ3v) is 2.50. The molecule has 0 aromatic rings. The predicted molar refractivity (Wildman–Crippen MR) is 52.1 cm³/mol. The summed E-state index contributed by atoms with van der Waals surface area (Å²) in [5.74, 6) is 0. The van der Waals surface area contributed by atoms with Gasteiger partial charge in [-0.05, 0) is 19.5 Å². The summed E-state index contributed by atoms with van der Waals surface area (Å²) < 4.78 is 0. The lowest BCUT2D eigenvalue weighted by Gasteiger charge is -2.23. The second kappa shape index (κ2) is 6.93. The highest BCUT2D eigenvalue weighted by molar-refractivity contribution is 6.20. The van der Waals surface area contributed by atoms with E-state index in [1.165, 1.54) is 12.8 Å². The van der Waals surface area contributed by atoms with E-state index in [9.17, 15) is 0 Å². The van der Waals surface area contributed by atoms with Crippen molar-refractivity contribution in [2.24, 2.45) is 0 Å². The van der Waals surface area contributed by atoms with Crippen molar-refractivity contribution in [1.29, 1.82) is 0 Å². The van der Waals surface area contributed by atoms with E-state index in [0.717, 1.165) is 19.5 Å². The number of nitrogens with zero attached hydrogens (tertiary/aromatic N) is 1. The minimum Gasteiger partial charge on any atom is -0.288 e. The fourth-order valence-corrected chi connectivity index (χ4v) is 1.61. The third-order valence-electron chi connectivity index (χ3n) is 2.00. The Kier molecular flexibility index (Phi) is 7.09. The monoisotopic (exact) mass is 177 g/mol. The summed E-state index contributed by atoms with van der Waals surface area (Å²) in [5.41, 5.74) is 0.255. The molecule has 0 N–H and O–H groups in total. The van der Waals surface area contributed by atoms with Gasteiger partial charge in [-0.25, -0.2) is 0 Å². The Morgan fingerprint density at radius 3 is 2.09 bits per heavy atom. The number of alkyl halides is 1. The van der Waals surface area contributed by atoms with Gasteiger partial charge in [-0.2, -0.15) is 0 Å². The minimum atomic E-state index is 0.255. The standard InChI is InChI=1S/C9H20ClN/c1-4-7-8-9(10)11(5-2)6-3/h9H,4-8H2,1-3H3. The van der Waals surface area contributed by atoms with Crippen molar-refractivity contribution >= 4 is 11.6 Å². The summed E-state index contributed by atoms with van der Waals surface area (Å²) in [5, 5.41) is 0. The Hall–Kier alpha value is 0.250. The lowest BCUT2D eigenvalue weighted by atomic mass is 10.2. The van der Waals surface area contributed by atoms with Crippen molar-refractivity contribution in [3.05, 3.63) is 0 Å². The van der Waals surface area contributed by atoms with Crippen LogP contribution < -0.4 is 0 Å². The summed E-state index contributed by atoms with van der Waals surface area (Å²) in [6.07, 6.45) is 3.61. The van der Waals surface area contributed by atoms with Crippen molar-refractivity contribution in [2.45, 2.75) is 45.5 Å². The van der Waals surface area contributed by atoms with E-state index < -0.39 is 0 Å². The highest BCUT2D eigenvalue weighted by Gasteiger charge is 2.10. The Morgan fingerprint density at radius 2 is 1.73 bits per heavy atom. The molecule has 0 heterocycles. The first-order valence-corrected chi connectivity index (χ1v) is 5.07. The van der Waals surface area contributed by atoms with Gasteiger partial charge in [-0.1, -0.05) is 33.6 Å². The van der Waals surface area contributed by atoms with E-state index in [2.05, 4.69) is 25.7 Å². The summed E-state index contributed by atoms with van der Waals surface area (Å²) in [4.78, 5) is 2.29. The van der Waals surface area contributed by atoms with Gasteiger partial charge in [0.15, 0.2) is 0 Å². The van der Waals surface area contributed by atoms with E-state index >= 15 is 0 Å². The van der Waals surface area contributed by atoms with Gasteiger partial charge in [0.1, 0.15) is 0 Å². The number of hydrogen-bond donors (Lipinski definition) is 0. The average molecular weight is 178 g/mol. The fraction of sp³-hybridized carbons (Fsp3) is 1.00. The number of halogens is 1. The van der Waals surface area contributed by atoms with Gasteiger partial charge in [-0.15, -0.1) is 11.6 Å². The van der Waals surface area contributed by atoms with Crippen molar-refractivity contribution in [3.63, 3.8) is 0 Å². The maximum Gasteiger partial charge on any atom is 0.0850 e. The molecule has 0 fully saturated rings. The number of rotatable bonds is 6. The van der Waals surface area contributed by atoms with Crippen molar-refractivity contribution < 1.29 is 0 Å². The first kappa shape index (κ1) is 11.2. The molecule has 2 heteroatoms. The Bertz CT molecular complexity index is 81.6. The molecule has 0 spiro atoms. The van der Waals surface area contributed by atoms with Gasteiger partial charge in [0.2, 0.25) is 0 Å². The smallest absolute Gasteiger partial charge is 0.0850 e. The van der Waals surface area contributed by atoms with Gasteiger partial charge in [0.05, 0.1) is 5.50 Å². The van der Waals surface area contributed by atoms with Gasteiger partial charge < -0.3 is 0 Å². The van der Waals surface area contributed by atoms with Gasteiger partial charge in [0.25, 0.3) is 0 Å². The molecule has 0 bridgehead atoms. The summed E-state index contributed by atoms with van der Waals surface area (Å²) in [6, 6.07) is 0. The Morgan fingerprint density at radius 1 is 1.18 bits per heavy atom. The molecule has 0 aliphatic rings. The number of hydrogen-bond acceptors (Lipinski definition) is 1. The lowest BCUT2D eigenvalue weighted by molar-refractivity contribution is 0.265. The largest absolute Gasteiger partial charge is 0.288 e. The second-order valence-electron chi connectivity index (χ2n) is 2.80. The van der Waals surface area contributed by atoms with Crippen molar-refractivity contribution in [1.82, 2.24) is 4.90 Å².